The number of benzene rings is 2. The maximum absolute atomic E-state index is 11.2. The van der Waals surface area contributed by atoms with Crippen molar-refractivity contribution in [3.63, 3.8) is 0 Å². The van der Waals surface area contributed by atoms with Crippen molar-refractivity contribution in [2.45, 2.75) is 0 Å². The first-order chi connectivity index (χ1) is 7.31. The van der Waals surface area contributed by atoms with E-state index in [0.29, 0.717) is 0 Å². The molecule has 0 spiro atoms. The van der Waals surface area contributed by atoms with Crippen LogP contribution in [0.3, 0.4) is 0 Å². The van der Waals surface area contributed by atoms with Crippen LogP contribution in [0.2, 0.25) is 0 Å². The molecule has 2 aromatic carbocycles. The SMILES string of the molecule is Cl.NCC(=O)Nc1cccc2ccccc12. The Bertz CT molecular complexity index is 494. The van der Waals surface area contributed by atoms with E-state index in [9.17, 15) is 4.79 Å². The fourth-order valence-corrected chi connectivity index (χ4v) is 1.54. The lowest BCUT2D eigenvalue weighted by Gasteiger charge is -2.07. The van der Waals surface area contributed by atoms with E-state index < -0.39 is 0 Å². The maximum Gasteiger partial charge on any atom is 0.238 e. The highest BCUT2D eigenvalue weighted by molar-refractivity contribution is 6.02. The van der Waals surface area contributed by atoms with E-state index in [2.05, 4.69) is 5.32 Å². The van der Waals surface area contributed by atoms with Gasteiger partial charge in [-0.2, -0.15) is 0 Å². The van der Waals surface area contributed by atoms with Gasteiger partial charge in [-0.1, -0.05) is 36.4 Å². The van der Waals surface area contributed by atoms with Gasteiger partial charge in [0, 0.05) is 11.1 Å². The molecule has 4 heteroatoms. The largest absolute Gasteiger partial charge is 0.324 e. The molecular weight excluding hydrogens is 224 g/mol. The van der Waals surface area contributed by atoms with Gasteiger partial charge in [0.05, 0.1) is 6.54 Å². The predicted octanol–water partition coefficient (Wildman–Crippen LogP) is 2.16. The molecule has 2 rings (SSSR count). The van der Waals surface area contributed by atoms with E-state index in [0.717, 1.165) is 16.5 Å². The summed E-state index contributed by atoms with van der Waals surface area (Å²) in [7, 11) is 0. The summed E-state index contributed by atoms with van der Waals surface area (Å²) in [6, 6.07) is 13.7. The molecule has 0 heterocycles. The molecule has 3 nitrogen and oxygen atoms in total. The average Bonchev–Trinajstić information content (AvgIpc) is 2.29. The third-order valence-corrected chi connectivity index (χ3v) is 2.25. The fourth-order valence-electron chi connectivity index (χ4n) is 1.54. The zero-order valence-electron chi connectivity index (χ0n) is 8.64. The zero-order valence-corrected chi connectivity index (χ0v) is 9.46. The van der Waals surface area contributed by atoms with Crippen molar-refractivity contribution in [2.24, 2.45) is 5.73 Å². The number of nitrogens with one attached hydrogen (secondary N) is 1. The van der Waals surface area contributed by atoms with Crippen molar-refractivity contribution in [3.8, 4) is 0 Å². The van der Waals surface area contributed by atoms with E-state index in [-0.39, 0.29) is 24.9 Å². The number of amides is 1. The third kappa shape index (κ3) is 2.51. The number of carbonyl (C=O) groups is 1. The Morgan fingerprint density at radius 1 is 1.12 bits per heavy atom. The Balaban J connectivity index is 0.00000128. The summed E-state index contributed by atoms with van der Waals surface area (Å²) in [6.45, 7) is 0.00320. The Morgan fingerprint density at radius 3 is 2.56 bits per heavy atom. The molecule has 1 amide bonds. The lowest BCUT2D eigenvalue weighted by Crippen LogP contribution is -2.21. The van der Waals surface area contributed by atoms with Crippen molar-refractivity contribution in [1.82, 2.24) is 0 Å². The summed E-state index contributed by atoms with van der Waals surface area (Å²) >= 11 is 0. The molecule has 0 aliphatic carbocycles. The number of hydrogen-bond acceptors (Lipinski definition) is 2. The van der Waals surface area contributed by atoms with Crippen molar-refractivity contribution in [2.75, 3.05) is 11.9 Å². The highest BCUT2D eigenvalue weighted by Crippen LogP contribution is 2.22. The first kappa shape index (κ1) is 12.5. The highest BCUT2D eigenvalue weighted by Gasteiger charge is 2.02. The second-order valence-corrected chi connectivity index (χ2v) is 3.28. The number of hydrogen-bond donors (Lipinski definition) is 2. The topological polar surface area (TPSA) is 55.1 Å². The minimum atomic E-state index is -0.175. The van der Waals surface area contributed by atoms with Gasteiger partial charge >= 0.3 is 0 Å². The maximum atomic E-state index is 11.2. The van der Waals surface area contributed by atoms with Crippen LogP contribution in [0.5, 0.6) is 0 Å². The molecule has 3 N–H and O–H groups in total. The Labute approximate surface area is 100 Å². The van der Waals surface area contributed by atoms with E-state index in [1.54, 1.807) is 0 Å². The molecule has 0 unspecified atom stereocenters. The lowest BCUT2D eigenvalue weighted by molar-refractivity contribution is -0.114. The van der Waals surface area contributed by atoms with E-state index in [1.165, 1.54) is 0 Å². The molecule has 0 atom stereocenters. The summed E-state index contributed by atoms with van der Waals surface area (Å²) in [4.78, 5) is 11.2. The standard InChI is InChI=1S/C12H12N2O.ClH/c13-8-12(15)14-11-7-3-5-9-4-1-2-6-10(9)11;/h1-7H,8,13H2,(H,14,15);1H. The number of nitrogens with two attached hydrogens (primary N) is 1. The van der Waals surface area contributed by atoms with Crippen LogP contribution in [0.1, 0.15) is 0 Å². The van der Waals surface area contributed by atoms with Crippen molar-refractivity contribution in [1.29, 1.82) is 0 Å². The van der Waals surface area contributed by atoms with Crippen LogP contribution in [0.25, 0.3) is 10.8 Å². The minimum Gasteiger partial charge on any atom is -0.324 e. The quantitative estimate of drug-likeness (QED) is 0.840. The minimum absolute atomic E-state index is 0. The number of carbonyl (C=O) groups excluding carboxylic acids is 1. The Hall–Kier alpha value is -1.58. The molecule has 0 saturated carbocycles. The molecular formula is C12H13ClN2O. The number of rotatable bonds is 2. The van der Waals surface area contributed by atoms with Crippen LogP contribution in [0.15, 0.2) is 42.5 Å². The van der Waals surface area contributed by atoms with Gasteiger partial charge in [-0.15, -0.1) is 12.4 Å². The van der Waals surface area contributed by atoms with Crippen LogP contribution in [0, 0.1) is 0 Å². The molecule has 0 bridgehead atoms. The van der Waals surface area contributed by atoms with Gasteiger partial charge in [0.2, 0.25) is 5.91 Å². The van der Waals surface area contributed by atoms with E-state index in [4.69, 9.17) is 5.73 Å². The number of anilines is 1. The lowest BCUT2D eigenvalue weighted by atomic mass is 10.1. The molecule has 2 aromatic rings. The second kappa shape index (κ2) is 5.49. The molecule has 0 aromatic heterocycles. The van der Waals surface area contributed by atoms with E-state index in [1.807, 2.05) is 42.5 Å². The molecule has 84 valence electrons. The van der Waals surface area contributed by atoms with Crippen LogP contribution in [-0.4, -0.2) is 12.5 Å². The molecule has 0 aliphatic heterocycles. The van der Waals surface area contributed by atoms with Crippen molar-refractivity contribution in [3.05, 3.63) is 42.5 Å². The zero-order chi connectivity index (χ0) is 10.7. The summed E-state index contributed by atoms with van der Waals surface area (Å²) in [5.74, 6) is -0.175. The van der Waals surface area contributed by atoms with Gasteiger partial charge in [-0.3, -0.25) is 4.79 Å². The first-order valence-electron chi connectivity index (χ1n) is 4.79. The predicted molar refractivity (Wildman–Crippen MR) is 68.9 cm³/mol. The molecule has 16 heavy (non-hydrogen) atoms. The summed E-state index contributed by atoms with van der Waals surface area (Å²) in [5, 5.41) is 4.90. The molecule has 0 fully saturated rings. The summed E-state index contributed by atoms with van der Waals surface area (Å²) in [6.07, 6.45) is 0. The monoisotopic (exact) mass is 236 g/mol. The first-order valence-corrected chi connectivity index (χ1v) is 4.79. The van der Waals surface area contributed by atoms with Crippen LogP contribution >= 0.6 is 12.4 Å². The van der Waals surface area contributed by atoms with Gasteiger partial charge in [0.25, 0.3) is 0 Å². The van der Waals surface area contributed by atoms with Crippen molar-refractivity contribution < 1.29 is 4.79 Å². The molecule has 0 saturated heterocycles. The van der Waals surface area contributed by atoms with Gasteiger partial charge < -0.3 is 11.1 Å². The second-order valence-electron chi connectivity index (χ2n) is 3.28. The van der Waals surface area contributed by atoms with Crippen LogP contribution in [0.4, 0.5) is 5.69 Å². The Kier molecular flexibility index (Phi) is 4.28. The van der Waals surface area contributed by atoms with Gasteiger partial charge in [0.15, 0.2) is 0 Å². The molecule has 0 radical (unpaired) electrons. The number of halogens is 1. The summed E-state index contributed by atoms with van der Waals surface area (Å²) in [5.41, 5.74) is 6.06. The highest BCUT2D eigenvalue weighted by atomic mass is 35.5. The molecule has 0 aliphatic rings. The van der Waals surface area contributed by atoms with Crippen LogP contribution in [-0.2, 0) is 4.79 Å². The fraction of sp³-hybridized carbons (Fsp3) is 0.0833. The van der Waals surface area contributed by atoms with Crippen molar-refractivity contribution >= 4 is 34.8 Å². The average molecular weight is 237 g/mol. The smallest absolute Gasteiger partial charge is 0.238 e. The normalized spacial score (nSPS) is 9.56. The summed E-state index contributed by atoms with van der Waals surface area (Å²) < 4.78 is 0. The van der Waals surface area contributed by atoms with Gasteiger partial charge in [0.1, 0.15) is 0 Å². The third-order valence-electron chi connectivity index (χ3n) is 2.25. The van der Waals surface area contributed by atoms with Gasteiger partial charge in [-0.05, 0) is 11.5 Å². The van der Waals surface area contributed by atoms with E-state index >= 15 is 0 Å². The number of fused-ring (bicyclic) bond motifs is 1. The Morgan fingerprint density at radius 2 is 1.81 bits per heavy atom. The van der Waals surface area contributed by atoms with Gasteiger partial charge in [-0.25, -0.2) is 0 Å². The van der Waals surface area contributed by atoms with Crippen LogP contribution < -0.4 is 11.1 Å².